The number of amides is 1. The molecule has 0 aliphatic carbocycles. The summed E-state index contributed by atoms with van der Waals surface area (Å²) >= 11 is 3.39. The minimum absolute atomic E-state index is 0.0609. The first-order valence-electron chi connectivity index (χ1n) is 5.80. The number of carbonyl (C=O) groups is 1. The lowest BCUT2D eigenvalue weighted by atomic mass is 10.3. The van der Waals surface area contributed by atoms with Crippen LogP contribution in [0.4, 0.5) is 0 Å². The van der Waals surface area contributed by atoms with E-state index < -0.39 is 0 Å². The topological polar surface area (TPSA) is 58.4 Å². The van der Waals surface area contributed by atoms with Crippen molar-refractivity contribution in [1.82, 2.24) is 14.7 Å². The summed E-state index contributed by atoms with van der Waals surface area (Å²) in [5, 5.41) is 13.1. The highest BCUT2D eigenvalue weighted by Gasteiger charge is 2.14. The number of nitrogens with zero attached hydrogens (tertiary/aromatic N) is 3. The van der Waals surface area contributed by atoms with E-state index in [2.05, 4.69) is 21.0 Å². The van der Waals surface area contributed by atoms with E-state index in [1.165, 1.54) is 4.90 Å². The molecule has 1 N–H and O–H groups in total. The minimum Gasteiger partial charge on any atom is -0.395 e. The zero-order valence-electron chi connectivity index (χ0n) is 10.5. The number of halogens is 1. The van der Waals surface area contributed by atoms with Crippen LogP contribution in [0.15, 0.2) is 41.0 Å². The molecule has 2 rings (SSSR count). The van der Waals surface area contributed by atoms with Gasteiger partial charge in [-0.1, -0.05) is 22.0 Å². The number of hydrogen-bond acceptors (Lipinski definition) is 3. The highest BCUT2D eigenvalue weighted by atomic mass is 79.9. The van der Waals surface area contributed by atoms with Crippen molar-refractivity contribution in [3.05, 3.63) is 46.7 Å². The van der Waals surface area contributed by atoms with Gasteiger partial charge in [0.15, 0.2) is 5.69 Å². The van der Waals surface area contributed by atoms with Crippen LogP contribution in [0, 0.1) is 0 Å². The van der Waals surface area contributed by atoms with Gasteiger partial charge in [-0.2, -0.15) is 5.10 Å². The molecule has 2 aromatic rings. The van der Waals surface area contributed by atoms with Gasteiger partial charge in [0.2, 0.25) is 0 Å². The average molecular weight is 324 g/mol. The highest BCUT2D eigenvalue weighted by Crippen LogP contribution is 2.15. The molecule has 6 heteroatoms. The smallest absolute Gasteiger partial charge is 0.274 e. The van der Waals surface area contributed by atoms with Crippen LogP contribution in [0.3, 0.4) is 0 Å². The van der Waals surface area contributed by atoms with Gasteiger partial charge in [0.25, 0.3) is 5.91 Å². The summed E-state index contributed by atoms with van der Waals surface area (Å²) in [6.45, 7) is 0.233. The maximum atomic E-state index is 12.0. The predicted octanol–water partition coefficient (Wildman–Crippen LogP) is 1.70. The third kappa shape index (κ3) is 3.21. The molecule has 0 radical (unpaired) electrons. The van der Waals surface area contributed by atoms with Crippen molar-refractivity contribution in [3.63, 3.8) is 0 Å². The number of rotatable bonds is 4. The fourth-order valence-corrected chi connectivity index (χ4v) is 2.03. The van der Waals surface area contributed by atoms with Crippen LogP contribution in [0.1, 0.15) is 10.5 Å². The molecule has 0 aliphatic rings. The molecule has 0 fully saturated rings. The first kappa shape index (κ1) is 13.8. The normalized spacial score (nSPS) is 10.5. The lowest BCUT2D eigenvalue weighted by Gasteiger charge is -2.13. The molecule has 5 nitrogen and oxygen atoms in total. The average Bonchev–Trinajstić information content (AvgIpc) is 2.87. The SMILES string of the molecule is CN(CCO)C(=O)c1ccn(-c2cccc(Br)c2)n1. The molecule has 100 valence electrons. The molecule has 0 saturated carbocycles. The second kappa shape index (κ2) is 5.99. The molecule has 1 amide bonds. The molecule has 0 spiro atoms. The summed E-state index contributed by atoms with van der Waals surface area (Å²) in [6.07, 6.45) is 1.74. The molecule has 0 saturated heterocycles. The summed E-state index contributed by atoms with van der Waals surface area (Å²) in [4.78, 5) is 13.4. The van der Waals surface area contributed by atoms with E-state index in [-0.39, 0.29) is 12.5 Å². The molecular formula is C13H14BrN3O2. The molecule has 1 heterocycles. The summed E-state index contributed by atoms with van der Waals surface area (Å²) in [6, 6.07) is 9.31. The Hall–Kier alpha value is -1.66. The third-order valence-electron chi connectivity index (χ3n) is 2.66. The van der Waals surface area contributed by atoms with E-state index in [1.807, 2.05) is 24.3 Å². The minimum atomic E-state index is -0.206. The molecule has 19 heavy (non-hydrogen) atoms. The predicted molar refractivity (Wildman–Crippen MR) is 75.3 cm³/mol. The zero-order valence-corrected chi connectivity index (χ0v) is 12.0. The molecular weight excluding hydrogens is 310 g/mol. The Balaban J connectivity index is 2.22. The molecule has 1 aromatic heterocycles. The van der Waals surface area contributed by atoms with Gasteiger partial charge >= 0.3 is 0 Å². The lowest BCUT2D eigenvalue weighted by molar-refractivity contribution is 0.0760. The number of aliphatic hydroxyl groups excluding tert-OH is 1. The summed E-state index contributed by atoms with van der Waals surface area (Å²) in [5.74, 6) is -0.206. The summed E-state index contributed by atoms with van der Waals surface area (Å²) in [7, 11) is 1.64. The van der Waals surface area contributed by atoms with Crippen LogP contribution in [0.25, 0.3) is 5.69 Å². The van der Waals surface area contributed by atoms with E-state index in [0.29, 0.717) is 12.2 Å². The fraction of sp³-hybridized carbons (Fsp3) is 0.231. The molecule has 0 atom stereocenters. The molecule has 0 unspecified atom stereocenters. The number of aromatic nitrogens is 2. The van der Waals surface area contributed by atoms with E-state index in [9.17, 15) is 4.79 Å². The van der Waals surface area contributed by atoms with Crippen LogP contribution < -0.4 is 0 Å². The Morgan fingerprint density at radius 3 is 2.95 bits per heavy atom. The first-order chi connectivity index (χ1) is 9.11. The van der Waals surface area contributed by atoms with Gasteiger partial charge in [0.05, 0.1) is 12.3 Å². The van der Waals surface area contributed by atoms with E-state index in [1.54, 1.807) is 24.0 Å². The molecule has 0 aliphatic heterocycles. The number of benzene rings is 1. The van der Waals surface area contributed by atoms with Gasteiger partial charge in [-0.3, -0.25) is 4.79 Å². The van der Waals surface area contributed by atoms with Crippen molar-refractivity contribution in [3.8, 4) is 5.69 Å². The molecule has 0 bridgehead atoms. The zero-order chi connectivity index (χ0) is 13.8. The van der Waals surface area contributed by atoms with Gasteiger partial charge in [-0.25, -0.2) is 4.68 Å². The van der Waals surface area contributed by atoms with Crippen LogP contribution in [0.2, 0.25) is 0 Å². The van der Waals surface area contributed by atoms with Crippen LogP contribution >= 0.6 is 15.9 Å². The third-order valence-corrected chi connectivity index (χ3v) is 3.16. The van der Waals surface area contributed by atoms with Gasteiger partial charge < -0.3 is 10.0 Å². The first-order valence-corrected chi connectivity index (χ1v) is 6.59. The maximum Gasteiger partial charge on any atom is 0.274 e. The Morgan fingerprint density at radius 2 is 2.26 bits per heavy atom. The Morgan fingerprint density at radius 1 is 1.47 bits per heavy atom. The monoisotopic (exact) mass is 323 g/mol. The van der Waals surface area contributed by atoms with Crippen LogP contribution in [0.5, 0.6) is 0 Å². The number of hydrogen-bond donors (Lipinski definition) is 1. The van der Waals surface area contributed by atoms with Crippen molar-refractivity contribution in [2.45, 2.75) is 0 Å². The number of likely N-dealkylation sites (N-methyl/N-ethyl adjacent to an activating group) is 1. The van der Waals surface area contributed by atoms with Crippen molar-refractivity contribution in [1.29, 1.82) is 0 Å². The van der Waals surface area contributed by atoms with Gasteiger partial charge in [-0.05, 0) is 24.3 Å². The highest BCUT2D eigenvalue weighted by molar-refractivity contribution is 9.10. The van der Waals surface area contributed by atoms with Crippen LogP contribution in [-0.4, -0.2) is 45.9 Å². The van der Waals surface area contributed by atoms with Crippen LogP contribution in [-0.2, 0) is 0 Å². The lowest BCUT2D eigenvalue weighted by Crippen LogP contribution is -2.29. The van der Waals surface area contributed by atoms with Gasteiger partial charge in [0.1, 0.15) is 0 Å². The largest absolute Gasteiger partial charge is 0.395 e. The van der Waals surface area contributed by atoms with Gasteiger partial charge in [0, 0.05) is 24.3 Å². The standard InChI is InChI=1S/C13H14BrN3O2/c1-16(7-8-18)13(19)12-5-6-17(15-12)11-4-2-3-10(14)9-11/h2-6,9,18H,7-8H2,1H3. The van der Waals surface area contributed by atoms with Crippen molar-refractivity contribution in [2.24, 2.45) is 0 Å². The number of aliphatic hydroxyl groups is 1. The Kier molecular flexibility index (Phi) is 4.34. The quantitative estimate of drug-likeness (QED) is 0.931. The van der Waals surface area contributed by atoms with E-state index in [4.69, 9.17) is 5.11 Å². The van der Waals surface area contributed by atoms with Crippen molar-refractivity contribution in [2.75, 3.05) is 20.2 Å². The van der Waals surface area contributed by atoms with E-state index in [0.717, 1.165) is 10.2 Å². The summed E-state index contributed by atoms with van der Waals surface area (Å²) in [5.41, 5.74) is 1.23. The Labute approximate surface area is 119 Å². The second-order valence-corrected chi connectivity index (χ2v) is 4.99. The van der Waals surface area contributed by atoms with E-state index >= 15 is 0 Å². The van der Waals surface area contributed by atoms with Crippen molar-refractivity contribution < 1.29 is 9.90 Å². The fourth-order valence-electron chi connectivity index (χ4n) is 1.65. The maximum absolute atomic E-state index is 12.0. The summed E-state index contributed by atoms with van der Waals surface area (Å²) < 4.78 is 2.59. The van der Waals surface area contributed by atoms with Gasteiger partial charge in [-0.15, -0.1) is 0 Å². The molecule has 1 aromatic carbocycles. The second-order valence-electron chi connectivity index (χ2n) is 4.08. The Bertz CT molecular complexity index is 583. The number of carbonyl (C=O) groups excluding carboxylic acids is 1. The van der Waals surface area contributed by atoms with Crippen molar-refractivity contribution >= 4 is 21.8 Å².